The van der Waals surface area contributed by atoms with Crippen molar-refractivity contribution in [1.82, 2.24) is 4.57 Å². The summed E-state index contributed by atoms with van der Waals surface area (Å²) in [4.78, 5) is 31.8. The molecule has 1 aromatic heterocycles. The highest BCUT2D eigenvalue weighted by atomic mass is 79.9. The zero-order valence-corrected chi connectivity index (χ0v) is 25.7. The fourth-order valence-electron chi connectivity index (χ4n) is 4.61. The standard InChI is InChI=1S/C31H26BrClN2O5S/c1-4-39-24-15-20(14-23(32)28(24)40-17-19-8-6-5-7-9-19)16-25-29(36)35-27(21-10-12-22(33)13-11-21)26(30(37)38-3)18(2)34-31(35)41-25/h5-16,27H,4,17H2,1-3H3/b25-16-/t27-/m0/s1. The van der Waals surface area contributed by atoms with E-state index in [4.69, 9.17) is 25.8 Å². The number of hydrogen-bond donors (Lipinski definition) is 0. The van der Waals surface area contributed by atoms with E-state index in [1.165, 1.54) is 23.0 Å². The molecule has 0 radical (unpaired) electrons. The van der Waals surface area contributed by atoms with Crippen LogP contribution in [0.3, 0.4) is 0 Å². The Kier molecular flexibility index (Phi) is 8.77. The number of methoxy groups -OCH3 is 1. The van der Waals surface area contributed by atoms with Gasteiger partial charge in [-0.2, -0.15) is 0 Å². The summed E-state index contributed by atoms with van der Waals surface area (Å²) in [6, 6.07) is 19.9. The fraction of sp³-hybridized carbons (Fsp3) is 0.194. The highest BCUT2D eigenvalue weighted by molar-refractivity contribution is 9.10. The zero-order chi connectivity index (χ0) is 29.1. The van der Waals surface area contributed by atoms with Gasteiger partial charge in [-0.15, -0.1) is 0 Å². The van der Waals surface area contributed by atoms with Gasteiger partial charge in [0.2, 0.25) is 0 Å². The maximum absolute atomic E-state index is 13.9. The van der Waals surface area contributed by atoms with Crippen molar-refractivity contribution in [3.05, 3.63) is 124 Å². The van der Waals surface area contributed by atoms with Crippen LogP contribution in [-0.4, -0.2) is 24.3 Å². The van der Waals surface area contributed by atoms with Crippen LogP contribution in [0.15, 0.2) is 92.3 Å². The van der Waals surface area contributed by atoms with Gasteiger partial charge in [-0.25, -0.2) is 9.79 Å². The van der Waals surface area contributed by atoms with Crippen molar-refractivity contribution in [2.24, 2.45) is 4.99 Å². The minimum atomic E-state index is -0.711. The van der Waals surface area contributed by atoms with Gasteiger partial charge in [0.15, 0.2) is 16.3 Å². The number of halogens is 2. The lowest BCUT2D eigenvalue weighted by Gasteiger charge is -2.24. The number of aromatic nitrogens is 1. The minimum Gasteiger partial charge on any atom is -0.490 e. The number of benzene rings is 3. The summed E-state index contributed by atoms with van der Waals surface area (Å²) in [5, 5.41) is 0.549. The van der Waals surface area contributed by atoms with Crippen LogP contribution in [0.1, 0.15) is 36.6 Å². The summed E-state index contributed by atoms with van der Waals surface area (Å²) in [6.07, 6.45) is 1.79. The van der Waals surface area contributed by atoms with Crippen molar-refractivity contribution in [1.29, 1.82) is 0 Å². The van der Waals surface area contributed by atoms with Gasteiger partial charge in [0.25, 0.3) is 5.56 Å². The third kappa shape index (κ3) is 6.02. The quantitative estimate of drug-likeness (QED) is 0.225. The first-order chi connectivity index (χ1) is 19.8. The summed E-state index contributed by atoms with van der Waals surface area (Å²) < 4.78 is 19.8. The van der Waals surface area contributed by atoms with Gasteiger partial charge in [0.1, 0.15) is 6.61 Å². The Bertz CT molecular complexity index is 1810. The monoisotopic (exact) mass is 652 g/mol. The molecule has 2 heterocycles. The van der Waals surface area contributed by atoms with Crippen molar-refractivity contribution in [2.45, 2.75) is 26.5 Å². The molecule has 0 N–H and O–H groups in total. The molecule has 3 aromatic carbocycles. The van der Waals surface area contributed by atoms with E-state index in [1.54, 1.807) is 37.3 Å². The van der Waals surface area contributed by atoms with E-state index in [2.05, 4.69) is 20.9 Å². The predicted octanol–water partition coefficient (Wildman–Crippen LogP) is 5.80. The molecule has 210 valence electrons. The topological polar surface area (TPSA) is 79.1 Å². The molecule has 0 bridgehead atoms. The van der Waals surface area contributed by atoms with E-state index < -0.39 is 12.0 Å². The molecule has 0 saturated heterocycles. The first-order valence-electron chi connectivity index (χ1n) is 12.8. The number of carbonyl (C=O) groups is 1. The van der Waals surface area contributed by atoms with E-state index in [1.807, 2.05) is 49.4 Å². The highest BCUT2D eigenvalue weighted by Gasteiger charge is 2.33. The van der Waals surface area contributed by atoms with Gasteiger partial charge in [0.05, 0.1) is 40.0 Å². The van der Waals surface area contributed by atoms with E-state index in [0.29, 0.717) is 54.8 Å². The minimum absolute atomic E-state index is 0.277. The molecule has 0 unspecified atom stereocenters. The number of carbonyl (C=O) groups excluding carboxylic acids is 1. The van der Waals surface area contributed by atoms with Gasteiger partial charge in [-0.05, 0) is 76.8 Å². The average Bonchev–Trinajstić information content (AvgIpc) is 3.26. The number of nitrogens with zero attached hydrogens (tertiary/aromatic N) is 2. The number of rotatable bonds is 8. The molecule has 0 fully saturated rings. The summed E-state index contributed by atoms with van der Waals surface area (Å²) in [5.41, 5.74) is 3.01. The molecule has 0 amide bonds. The molecule has 1 atom stereocenters. The molecule has 10 heteroatoms. The first kappa shape index (κ1) is 28.9. The SMILES string of the molecule is CCOc1cc(/C=c2\sc3n(c2=O)[C@@H](c2ccc(Cl)cc2)C(C(=O)OC)=C(C)N=3)cc(Br)c1OCc1ccccc1. The van der Waals surface area contributed by atoms with E-state index >= 15 is 0 Å². The Hall–Kier alpha value is -3.66. The average molecular weight is 654 g/mol. The van der Waals surface area contributed by atoms with Crippen LogP contribution in [0.4, 0.5) is 0 Å². The Balaban J connectivity index is 1.59. The zero-order valence-electron chi connectivity index (χ0n) is 22.5. The lowest BCUT2D eigenvalue weighted by molar-refractivity contribution is -0.136. The van der Waals surface area contributed by atoms with Crippen LogP contribution in [-0.2, 0) is 16.1 Å². The number of allylic oxidation sites excluding steroid dienone is 1. The predicted molar refractivity (Wildman–Crippen MR) is 163 cm³/mol. The molecular weight excluding hydrogens is 628 g/mol. The molecule has 1 aliphatic rings. The van der Waals surface area contributed by atoms with Crippen molar-refractivity contribution in [3.8, 4) is 11.5 Å². The molecule has 7 nitrogen and oxygen atoms in total. The summed E-state index contributed by atoms with van der Waals surface area (Å²) in [6.45, 7) is 4.46. The first-order valence-corrected chi connectivity index (χ1v) is 14.8. The van der Waals surface area contributed by atoms with Crippen molar-refractivity contribution >= 4 is 50.9 Å². The largest absolute Gasteiger partial charge is 0.490 e. The van der Waals surface area contributed by atoms with Gasteiger partial charge < -0.3 is 14.2 Å². The van der Waals surface area contributed by atoms with Gasteiger partial charge in [-0.1, -0.05) is 65.4 Å². The van der Waals surface area contributed by atoms with E-state index in [9.17, 15) is 9.59 Å². The lowest BCUT2D eigenvalue weighted by atomic mass is 9.96. The van der Waals surface area contributed by atoms with Crippen LogP contribution < -0.4 is 24.4 Å². The lowest BCUT2D eigenvalue weighted by Crippen LogP contribution is -2.39. The number of hydrogen-bond acceptors (Lipinski definition) is 7. The van der Waals surface area contributed by atoms with Crippen LogP contribution in [0.2, 0.25) is 5.02 Å². The van der Waals surface area contributed by atoms with Crippen molar-refractivity contribution in [3.63, 3.8) is 0 Å². The molecule has 5 rings (SSSR count). The normalized spacial score (nSPS) is 14.9. The Morgan fingerprint density at radius 3 is 2.54 bits per heavy atom. The maximum Gasteiger partial charge on any atom is 0.338 e. The Morgan fingerprint density at radius 1 is 1.12 bits per heavy atom. The van der Waals surface area contributed by atoms with Crippen LogP contribution >= 0.6 is 38.9 Å². The summed E-state index contributed by atoms with van der Waals surface area (Å²) >= 11 is 11.0. The maximum atomic E-state index is 13.9. The van der Waals surface area contributed by atoms with Crippen molar-refractivity contribution < 1.29 is 19.0 Å². The second-order valence-corrected chi connectivity index (χ2v) is 11.5. The Morgan fingerprint density at radius 2 is 1.85 bits per heavy atom. The second-order valence-electron chi connectivity index (χ2n) is 9.16. The fourth-order valence-corrected chi connectivity index (χ4v) is 6.36. The molecule has 41 heavy (non-hydrogen) atoms. The second kappa shape index (κ2) is 12.5. The number of thiazole rings is 1. The van der Waals surface area contributed by atoms with E-state index in [0.717, 1.165) is 16.7 Å². The molecule has 1 aliphatic heterocycles. The van der Waals surface area contributed by atoms with Gasteiger partial charge in [-0.3, -0.25) is 9.36 Å². The molecule has 0 aliphatic carbocycles. The molecule has 0 saturated carbocycles. The third-order valence-electron chi connectivity index (χ3n) is 6.47. The van der Waals surface area contributed by atoms with Gasteiger partial charge in [0, 0.05) is 5.02 Å². The van der Waals surface area contributed by atoms with Gasteiger partial charge >= 0.3 is 5.97 Å². The van der Waals surface area contributed by atoms with Crippen LogP contribution in [0.5, 0.6) is 11.5 Å². The van der Waals surface area contributed by atoms with E-state index in [-0.39, 0.29) is 5.56 Å². The third-order valence-corrected chi connectivity index (χ3v) is 8.29. The summed E-state index contributed by atoms with van der Waals surface area (Å²) in [5.74, 6) is 0.590. The van der Waals surface area contributed by atoms with Crippen LogP contribution in [0.25, 0.3) is 6.08 Å². The number of ether oxygens (including phenoxy) is 3. The number of fused-ring (bicyclic) bond motifs is 1. The smallest absolute Gasteiger partial charge is 0.338 e. The molecular formula is C31H26BrClN2O5S. The molecule has 4 aromatic rings. The summed E-state index contributed by atoms with van der Waals surface area (Å²) in [7, 11) is 1.31. The molecule has 0 spiro atoms. The van der Waals surface area contributed by atoms with Crippen molar-refractivity contribution in [2.75, 3.05) is 13.7 Å². The Labute approximate surface area is 254 Å². The highest BCUT2D eigenvalue weighted by Crippen LogP contribution is 2.38. The van der Waals surface area contributed by atoms with Crippen LogP contribution in [0, 0.1) is 0 Å². The number of esters is 1.